The first-order chi connectivity index (χ1) is 10.1. The molecule has 2 heterocycles. The molecule has 0 bridgehead atoms. The molecule has 0 saturated heterocycles. The fraction of sp³-hybridized carbons (Fsp3) is 0.167. The van der Waals surface area contributed by atoms with E-state index in [0.717, 1.165) is 4.70 Å². The van der Waals surface area contributed by atoms with Crippen molar-refractivity contribution < 1.29 is 13.5 Å². The SMILES string of the molecule is O=S(=O)(NCc1ncn[nH]1)c1c(CO)sc2ccccc12. The Morgan fingerprint density at radius 1 is 1.33 bits per heavy atom. The Morgan fingerprint density at radius 2 is 2.14 bits per heavy atom. The van der Waals surface area contributed by atoms with Gasteiger partial charge in [-0.2, -0.15) is 5.10 Å². The van der Waals surface area contributed by atoms with Crippen molar-refractivity contribution in [2.45, 2.75) is 18.0 Å². The molecule has 3 rings (SSSR count). The van der Waals surface area contributed by atoms with Crippen LogP contribution in [0.2, 0.25) is 0 Å². The molecule has 0 radical (unpaired) electrons. The Morgan fingerprint density at radius 3 is 2.86 bits per heavy atom. The molecule has 3 N–H and O–H groups in total. The first kappa shape index (κ1) is 14.1. The third kappa shape index (κ3) is 2.68. The Labute approximate surface area is 124 Å². The van der Waals surface area contributed by atoms with Gasteiger partial charge in [-0.3, -0.25) is 5.10 Å². The zero-order chi connectivity index (χ0) is 14.9. The minimum absolute atomic E-state index is 0.0113. The Bertz CT molecular complexity index is 856. The van der Waals surface area contributed by atoms with Gasteiger partial charge >= 0.3 is 0 Å². The monoisotopic (exact) mass is 324 g/mol. The summed E-state index contributed by atoms with van der Waals surface area (Å²) in [6.07, 6.45) is 1.31. The number of benzene rings is 1. The van der Waals surface area contributed by atoms with Gasteiger partial charge < -0.3 is 5.11 Å². The van der Waals surface area contributed by atoms with Crippen molar-refractivity contribution in [3.63, 3.8) is 0 Å². The predicted octanol–water partition coefficient (Wildman–Crippen LogP) is 0.990. The Hall–Kier alpha value is -1.81. The molecule has 0 atom stereocenters. The van der Waals surface area contributed by atoms with Gasteiger partial charge in [0, 0.05) is 10.1 Å². The van der Waals surface area contributed by atoms with Crippen molar-refractivity contribution in [2.24, 2.45) is 0 Å². The number of nitrogens with zero attached hydrogens (tertiary/aromatic N) is 2. The maximum Gasteiger partial charge on any atom is 0.242 e. The fourth-order valence-corrected chi connectivity index (χ4v) is 4.80. The van der Waals surface area contributed by atoms with E-state index in [9.17, 15) is 13.5 Å². The average Bonchev–Trinajstić information content (AvgIpc) is 3.12. The quantitative estimate of drug-likeness (QED) is 0.648. The highest BCUT2D eigenvalue weighted by atomic mass is 32.2. The molecule has 0 spiro atoms. The zero-order valence-electron chi connectivity index (χ0n) is 10.8. The summed E-state index contributed by atoms with van der Waals surface area (Å²) >= 11 is 1.27. The van der Waals surface area contributed by atoms with E-state index in [1.807, 2.05) is 12.1 Å². The van der Waals surface area contributed by atoms with Crippen LogP contribution >= 0.6 is 11.3 Å². The van der Waals surface area contributed by atoms with Crippen LogP contribution in [-0.4, -0.2) is 28.7 Å². The van der Waals surface area contributed by atoms with Crippen LogP contribution in [-0.2, 0) is 23.2 Å². The Kier molecular flexibility index (Phi) is 3.72. The first-order valence-electron chi connectivity index (χ1n) is 6.07. The molecule has 3 aromatic rings. The van der Waals surface area contributed by atoms with E-state index in [4.69, 9.17) is 0 Å². The van der Waals surface area contributed by atoms with Gasteiger partial charge in [0.05, 0.1) is 18.0 Å². The molecule has 0 fully saturated rings. The predicted molar refractivity (Wildman–Crippen MR) is 78.2 cm³/mol. The van der Waals surface area contributed by atoms with Gasteiger partial charge in [0.15, 0.2) is 0 Å². The van der Waals surface area contributed by atoms with Crippen LogP contribution in [0.25, 0.3) is 10.1 Å². The minimum Gasteiger partial charge on any atom is -0.391 e. The fourth-order valence-electron chi connectivity index (χ4n) is 2.02. The molecular weight excluding hydrogens is 312 g/mol. The average molecular weight is 324 g/mol. The lowest BCUT2D eigenvalue weighted by atomic mass is 10.2. The van der Waals surface area contributed by atoms with E-state index in [2.05, 4.69) is 19.9 Å². The zero-order valence-corrected chi connectivity index (χ0v) is 12.4. The third-order valence-electron chi connectivity index (χ3n) is 2.92. The van der Waals surface area contributed by atoms with Gasteiger partial charge in [-0.1, -0.05) is 18.2 Å². The first-order valence-corrected chi connectivity index (χ1v) is 8.37. The number of sulfonamides is 1. The lowest BCUT2D eigenvalue weighted by Crippen LogP contribution is -2.24. The van der Waals surface area contributed by atoms with Crippen LogP contribution in [0.15, 0.2) is 35.5 Å². The Balaban J connectivity index is 2.01. The van der Waals surface area contributed by atoms with E-state index in [1.165, 1.54) is 17.7 Å². The molecule has 9 heteroatoms. The largest absolute Gasteiger partial charge is 0.391 e. The standard InChI is InChI=1S/C12H12N4O3S2/c17-6-10-12(8-3-1-2-4-9(8)20-10)21(18,19)15-5-11-13-7-14-16-11/h1-4,7,15,17H,5-6H2,(H,13,14,16). The number of aliphatic hydroxyl groups is 1. The van der Waals surface area contributed by atoms with Crippen molar-refractivity contribution in [2.75, 3.05) is 0 Å². The van der Waals surface area contributed by atoms with Crippen LogP contribution in [0.3, 0.4) is 0 Å². The van der Waals surface area contributed by atoms with Crippen molar-refractivity contribution in [3.05, 3.63) is 41.3 Å². The van der Waals surface area contributed by atoms with Gasteiger partial charge in [0.2, 0.25) is 10.0 Å². The van der Waals surface area contributed by atoms with Crippen LogP contribution < -0.4 is 4.72 Å². The summed E-state index contributed by atoms with van der Waals surface area (Å²) in [6.45, 7) is -0.310. The summed E-state index contributed by atoms with van der Waals surface area (Å²) in [5, 5.41) is 16.3. The summed E-state index contributed by atoms with van der Waals surface area (Å²) in [4.78, 5) is 4.41. The highest BCUT2D eigenvalue weighted by Crippen LogP contribution is 2.34. The highest BCUT2D eigenvalue weighted by Gasteiger charge is 2.24. The number of nitrogens with one attached hydrogen (secondary N) is 2. The van der Waals surface area contributed by atoms with Crippen LogP contribution in [0.4, 0.5) is 0 Å². The number of aromatic amines is 1. The number of H-pyrrole nitrogens is 1. The molecule has 0 aliphatic heterocycles. The normalized spacial score (nSPS) is 12.0. The molecule has 0 aliphatic rings. The van der Waals surface area contributed by atoms with Crippen LogP contribution in [0.1, 0.15) is 10.7 Å². The number of hydrogen-bond acceptors (Lipinski definition) is 6. The van der Waals surface area contributed by atoms with Gasteiger partial charge in [0.1, 0.15) is 17.0 Å². The molecule has 0 unspecified atom stereocenters. The smallest absolute Gasteiger partial charge is 0.242 e. The van der Waals surface area contributed by atoms with E-state index in [-0.39, 0.29) is 18.0 Å². The van der Waals surface area contributed by atoms with Crippen LogP contribution in [0, 0.1) is 0 Å². The second kappa shape index (κ2) is 5.53. The minimum atomic E-state index is -3.75. The maximum atomic E-state index is 12.5. The summed E-state index contributed by atoms with van der Waals surface area (Å²) in [5.41, 5.74) is 0. The summed E-state index contributed by atoms with van der Waals surface area (Å²) in [7, 11) is -3.75. The summed E-state index contributed by atoms with van der Waals surface area (Å²) in [5.74, 6) is 0.420. The summed E-state index contributed by atoms with van der Waals surface area (Å²) in [6, 6.07) is 7.16. The molecule has 0 aliphatic carbocycles. The molecule has 0 amide bonds. The lowest BCUT2D eigenvalue weighted by molar-refractivity contribution is 0.283. The highest BCUT2D eigenvalue weighted by molar-refractivity contribution is 7.90. The second-order valence-electron chi connectivity index (χ2n) is 4.27. The number of thiophene rings is 1. The molecule has 2 aromatic heterocycles. The molecule has 0 saturated carbocycles. The topological polar surface area (TPSA) is 108 Å². The molecular formula is C12H12N4O3S2. The van der Waals surface area contributed by atoms with E-state index in [1.54, 1.807) is 12.1 Å². The van der Waals surface area contributed by atoms with E-state index >= 15 is 0 Å². The van der Waals surface area contributed by atoms with Crippen molar-refractivity contribution in [3.8, 4) is 0 Å². The van der Waals surface area contributed by atoms with Crippen LogP contribution in [0.5, 0.6) is 0 Å². The van der Waals surface area contributed by atoms with Crippen molar-refractivity contribution in [1.29, 1.82) is 0 Å². The molecule has 7 nitrogen and oxygen atoms in total. The molecule has 1 aromatic carbocycles. The maximum absolute atomic E-state index is 12.5. The van der Waals surface area contributed by atoms with E-state index in [0.29, 0.717) is 16.1 Å². The second-order valence-corrected chi connectivity index (χ2v) is 7.11. The van der Waals surface area contributed by atoms with Gasteiger partial charge in [-0.05, 0) is 6.07 Å². The molecule has 21 heavy (non-hydrogen) atoms. The number of fused-ring (bicyclic) bond motifs is 1. The number of rotatable bonds is 5. The number of aliphatic hydroxyl groups excluding tert-OH is 1. The van der Waals surface area contributed by atoms with Crippen molar-refractivity contribution in [1.82, 2.24) is 19.9 Å². The summed E-state index contributed by atoms with van der Waals surface area (Å²) < 4.78 is 28.3. The lowest BCUT2D eigenvalue weighted by Gasteiger charge is -2.06. The van der Waals surface area contributed by atoms with Gasteiger partial charge in [-0.15, -0.1) is 11.3 Å². The number of aromatic nitrogens is 3. The van der Waals surface area contributed by atoms with E-state index < -0.39 is 10.0 Å². The van der Waals surface area contributed by atoms with Gasteiger partial charge in [-0.25, -0.2) is 18.1 Å². The van der Waals surface area contributed by atoms with Crippen molar-refractivity contribution >= 4 is 31.4 Å². The molecule has 110 valence electrons. The van der Waals surface area contributed by atoms with Gasteiger partial charge in [0.25, 0.3) is 0 Å². The third-order valence-corrected chi connectivity index (χ3v) is 5.74. The number of hydrogen-bond donors (Lipinski definition) is 3.